The molecule has 4 nitrogen and oxygen atoms in total. The van der Waals surface area contributed by atoms with Crippen molar-refractivity contribution in [2.45, 2.75) is 39.0 Å². The first-order valence-electron chi connectivity index (χ1n) is 7.39. The maximum Gasteiger partial charge on any atom is 0.229 e. The van der Waals surface area contributed by atoms with E-state index in [1.165, 1.54) is 0 Å². The van der Waals surface area contributed by atoms with Gasteiger partial charge in [0, 0.05) is 18.1 Å². The second-order valence-electron chi connectivity index (χ2n) is 4.96. The van der Waals surface area contributed by atoms with E-state index in [0.29, 0.717) is 24.5 Å². The maximum absolute atomic E-state index is 11.6. The number of amides is 2. The highest BCUT2D eigenvalue weighted by molar-refractivity contribution is 6.30. The third-order valence-electron chi connectivity index (χ3n) is 3.05. The summed E-state index contributed by atoms with van der Waals surface area (Å²) in [6.45, 7) is 3.25. The lowest BCUT2D eigenvalue weighted by Gasteiger charge is -2.07. The Bertz CT molecular complexity index is 463. The van der Waals surface area contributed by atoms with Crippen molar-refractivity contribution in [3.05, 3.63) is 34.9 Å². The van der Waals surface area contributed by atoms with Crippen LogP contribution in [0.2, 0.25) is 5.02 Å². The molecule has 0 spiro atoms. The van der Waals surface area contributed by atoms with Crippen molar-refractivity contribution >= 4 is 23.4 Å². The van der Waals surface area contributed by atoms with Crippen LogP contribution >= 0.6 is 11.6 Å². The van der Waals surface area contributed by atoms with Crippen LogP contribution in [0.5, 0.6) is 0 Å². The number of benzene rings is 1. The molecule has 0 saturated carbocycles. The van der Waals surface area contributed by atoms with Crippen LogP contribution in [0.25, 0.3) is 0 Å². The zero-order valence-corrected chi connectivity index (χ0v) is 13.2. The molecule has 0 bridgehead atoms. The van der Waals surface area contributed by atoms with E-state index >= 15 is 0 Å². The van der Waals surface area contributed by atoms with Crippen molar-refractivity contribution in [2.24, 2.45) is 0 Å². The lowest BCUT2D eigenvalue weighted by Crippen LogP contribution is -2.33. The Morgan fingerprint density at radius 2 is 1.81 bits per heavy atom. The van der Waals surface area contributed by atoms with E-state index in [1.807, 2.05) is 24.3 Å². The quantitative estimate of drug-likeness (QED) is 0.544. The number of halogens is 1. The van der Waals surface area contributed by atoms with Crippen molar-refractivity contribution in [3.63, 3.8) is 0 Å². The average molecular weight is 311 g/mol. The van der Waals surface area contributed by atoms with Crippen LogP contribution in [-0.4, -0.2) is 24.9 Å². The molecule has 0 heterocycles. The van der Waals surface area contributed by atoms with Crippen molar-refractivity contribution in [1.29, 1.82) is 0 Å². The SMILES string of the molecule is CCCCCNC(=O)CC(=O)NCCc1cccc(Cl)c1. The first-order chi connectivity index (χ1) is 10.1. The van der Waals surface area contributed by atoms with Crippen molar-refractivity contribution in [2.75, 3.05) is 13.1 Å². The third kappa shape index (κ3) is 8.35. The van der Waals surface area contributed by atoms with Gasteiger partial charge in [0.2, 0.25) is 11.8 Å². The minimum absolute atomic E-state index is 0.109. The smallest absolute Gasteiger partial charge is 0.229 e. The standard InChI is InChI=1S/C16H23ClN2O2/c1-2-3-4-9-18-15(20)12-16(21)19-10-8-13-6-5-7-14(17)11-13/h5-7,11H,2-4,8-10,12H2,1H3,(H,18,20)(H,19,21). The highest BCUT2D eigenvalue weighted by Crippen LogP contribution is 2.10. The summed E-state index contributed by atoms with van der Waals surface area (Å²) in [5.41, 5.74) is 1.06. The molecule has 0 atom stereocenters. The van der Waals surface area contributed by atoms with E-state index in [0.717, 1.165) is 24.8 Å². The fourth-order valence-electron chi connectivity index (χ4n) is 1.91. The molecule has 1 aromatic carbocycles. The molecule has 5 heteroatoms. The van der Waals surface area contributed by atoms with Gasteiger partial charge in [-0.1, -0.05) is 43.5 Å². The van der Waals surface area contributed by atoms with Gasteiger partial charge in [-0.15, -0.1) is 0 Å². The Labute approximate surface area is 131 Å². The van der Waals surface area contributed by atoms with Crippen molar-refractivity contribution < 1.29 is 9.59 Å². The molecule has 2 N–H and O–H groups in total. The summed E-state index contributed by atoms with van der Waals surface area (Å²) >= 11 is 5.89. The summed E-state index contributed by atoms with van der Waals surface area (Å²) in [6, 6.07) is 7.52. The monoisotopic (exact) mass is 310 g/mol. The molecule has 0 aromatic heterocycles. The predicted molar refractivity (Wildman–Crippen MR) is 85.3 cm³/mol. The van der Waals surface area contributed by atoms with Gasteiger partial charge in [0.15, 0.2) is 0 Å². The number of hydrogen-bond donors (Lipinski definition) is 2. The highest BCUT2D eigenvalue weighted by atomic mass is 35.5. The van der Waals surface area contributed by atoms with Gasteiger partial charge in [0.1, 0.15) is 6.42 Å². The van der Waals surface area contributed by atoms with Crippen molar-refractivity contribution in [3.8, 4) is 0 Å². The molecule has 0 unspecified atom stereocenters. The predicted octanol–water partition coefficient (Wildman–Crippen LogP) is 2.70. The Hall–Kier alpha value is -1.55. The van der Waals surface area contributed by atoms with E-state index in [4.69, 9.17) is 11.6 Å². The van der Waals surface area contributed by atoms with Crippen LogP contribution < -0.4 is 10.6 Å². The van der Waals surface area contributed by atoms with E-state index in [2.05, 4.69) is 17.6 Å². The van der Waals surface area contributed by atoms with Gasteiger partial charge < -0.3 is 10.6 Å². The van der Waals surface area contributed by atoms with Crippen molar-refractivity contribution in [1.82, 2.24) is 10.6 Å². The van der Waals surface area contributed by atoms with Gasteiger partial charge >= 0.3 is 0 Å². The average Bonchev–Trinajstić information content (AvgIpc) is 2.43. The normalized spacial score (nSPS) is 10.2. The van der Waals surface area contributed by atoms with Crippen LogP contribution in [0.3, 0.4) is 0 Å². The number of hydrogen-bond acceptors (Lipinski definition) is 2. The first kappa shape index (κ1) is 17.5. The molecule has 0 aliphatic heterocycles. The van der Waals surface area contributed by atoms with Crippen LogP contribution in [0.1, 0.15) is 38.2 Å². The Balaban J connectivity index is 2.14. The Kier molecular flexibility index (Phi) is 8.51. The molecule has 1 rings (SSSR count). The van der Waals surface area contributed by atoms with Gasteiger partial charge in [-0.05, 0) is 30.5 Å². The van der Waals surface area contributed by atoms with Gasteiger partial charge in [0.25, 0.3) is 0 Å². The molecular formula is C16H23ClN2O2. The van der Waals surface area contributed by atoms with Gasteiger partial charge in [-0.25, -0.2) is 0 Å². The van der Waals surface area contributed by atoms with E-state index < -0.39 is 0 Å². The van der Waals surface area contributed by atoms with E-state index in [1.54, 1.807) is 0 Å². The van der Waals surface area contributed by atoms with Gasteiger partial charge in [0.05, 0.1) is 0 Å². The summed E-state index contributed by atoms with van der Waals surface area (Å²) in [4.78, 5) is 23.1. The van der Waals surface area contributed by atoms with E-state index in [-0.39, 0.29) is 18.2 Å². The van der Waals surface area contributed by atoms with Crippen LogP contribution in [0.4, 0.5) is 0 Å². The summed E-state index contributed by atoms with van der Waals surface area (Å²) in [6.07, 6.45) is 3.75. The minimum Gasteiger partial charge on any atom is -0.356 e. The molecule has 1 aromatic rings. The van der Waals surface area contributed by atoms with Gasteiger partial charge in [-0.3, -0.25) is 9.59 Å². The second kappa shape index (κ2) is 10.2. The number of carbonyl (C=O) groups excluding carboxylic acids is 2. The lowest BCUT2D eigenvalue weighted by molar-refractivity contribution is -0.129. The Morgan fingerprint density at radius 1 is 1.10 bits per heavy atom. The summed E-state index contributed by atoms with van der Waals surface area (Å²) in [5.74, 6) is -0.462. The number of rotatable bonds is 9. The largest absolute Gasteiger partial charge is 0.356 e. The molecule has 0 aliphatic carbocycles. The summed E-state index contributed by atoms with van der Waals surface area (Å²) < 4.78 is 0. The molecular weight excluding hydrogens is 288 g/mol. The molecule has 21 heavy (non-hydrogen) atoms. The highest BCUT2D eigenvalue weighted by Gasteiger charge is 2.08. The molecule has 0 radical (unpaired) electrons. The van der Waals surface area contributed by atoms with Crippen LogP contribution in [-0.2, 0) is 16.0 Å². The second-order valence-corrected chi connectivity index (χ2v) is 5.40. The van der Waals surface area contributed by atoms with Crippen LogP contribution in [0, 0.1) is 0 Å². The summed E-state index contributed by atoms with van der Waals surface area (Å²) in [7, 11) is 0. The summed E-state index contributed by atoms with van der Waals surface area (Å²) in [5, 5.41) is 6.17. The first-order valence-corrected chi connectivity index (χ1v) is 7.77. The zero-order valence-electron chi connectivity index (χ0n) is 12.5. The topological polar surface area (TPSA) is 58.2 Å². The number of carbonyl (C=O) groups is 2. The van der Waals surface area contributed by atoms with E-state index in [9.17, 15) is 9.59 Å². The van der Waals surface area contributed by atoms with Crippen LogP contribution in [0.15, 0.2) is 24.3 Å². The molecule has 0 fully saturated rings. The maximum atomic E-state index is 11.6. The molecule has 0 saturated heterocycles. The lowest BCUT2D eigenvalue weighted by atomic mass is 10.1. The Morgan fingerprint density at radius 3 is 2.48 bits per heavy atom. The fourth-order valence-corrected chi connectivity index (χ4v) is 2.13. The number of unbranched alkanes of at least 4 members (excludes halogenated alkanes) is 2. The minimum atomic E-state index is -0.245. The molecule has 0 aliphatic rings. The third-order valence-corrected chi connectivity index (χ3v) is 3.28. The zero-order chi connectivity index (χ0) is 15.5. The molecule has 2 amide bonds. The fraction of sp³-hybridized carbons (Fsp3) is 0.500. The van der Waals surface area contributed by atoms with Gasteiger partial charge in [-0.2, -0.15) is 0 Å². The molecule has 116 valence electrons. The number of nitrogens with one attached hydrogen (secondary N) is 2.